The number of halogens is 1. The summed E-state index contributed by atoms with van der Waals surface area (Å²) in [6, 6.07) is 13.9. The first kappa shape index (κ1) is 27.3. The van der Waals surface area contributed by atoms with Crippen molar-refractivity contribution in [3.05, 3.63) is 83.7 Å². The molecule has 1 aromatic heterocycles. The Morgan fingerprint density at radius 1 is 1.13 bits per heavy atom. The molecule has 38 heavy (non-hydrogen) atoms. The molecule has 3 N–H and O–H groups in total. The second kappa shape index (κ2) is 12.2. The number of rotatable bonds is 13. The number of carbonyl (C=O) groups is 2. The van der Waals surface area contributed by atoms with E-state index in [0.717, 1.165) is 18.4 Å². The van der Waals surface area contributed by atoms with Crippen molar-refractivity contribution in [3.63, 3.8) is 0 Å². The van der Waals surface area contributed by atoms with Crippen molar-refractivity contribution in [2.45, 2.75) is 38.2 Å². The second-order valence-electron chi connectivity index (χ2n) is 9.82. The molecule has 2 heterocycles. The number of aromatic nitrogens is 2. The van der Waals surface area contributed by atoms with Crippen LogP contribution in [0.3, 0.4) is 0 Å². The molecule has 1 fully saturated rings. The summed E-state index contributed by atoms with van der Waals surface area (Å²) >= 11 is 0. The van der Waals surface area contributed by atoms with Gasteiger partial charge in [0.05, 0.1) is 38.4 Å². The maximum atomic E-state index is 14.8. The van der Waals surface area contributed by atoms with E-state index in [9.17, 15) is 14.0 Å². The lowest BCUT2D eigenvalue weighted by Crippen LogP contribution is -2.64. The molecule has 202 valence electrons. The van der Waals surface area contributed by atoms with E-state index in [1.807, 2.05) is 24.3 Å². The van der Waals surface area contributed by atoms with E-state index in [1.165, 1.54) is 12.4 Å². The molecule has 0 saturated carbocycles. The number of nitrogens with two attached hydrogens (primary N) is 1. The zero-order valence-corrected chi connectivity index (χ0v) is 21.9. The van der Waals surface area contributed by atoms with Crippen LogP contribution in [0.25, 0.3) is 0 Å². The molecule has 8 nitrogen and oxygen atoms in total. The number of methoxy groups -OCH3 is 1. The Balaban J connectivity index is 1.60. The van der Waals surface area contributed by atoms with E-state index < -0.39 is 23.3 Å². The Morgan fingerprint density at radius 3 is 2.47 bits per heavy atom. The molecule has 0 bridgehead atoms. The van der Waals surface area contributed by atoms with Crippen LogP contribution >= 0.6 is 0 Å². The number of unbranched alkanes of at least 4 members (excludes halogenated alkanes) is 1. The molecule has 1 aliphatic heterocycles. The number of nitrogens with one attached hydrogen (secondary N) is 1. The lowest BCUT2D eigenvalue weighted by Gasteiger charge is -2.51. The summed E-state index contributed by atoms with van der Waals surface area (Å²) < 4.78 is 26.3. The van der Waals surface area contributed by atoms with Gasteiger partial charge in [-0.2, -0.15) is 0 Å². The summed E-state index contributed by atoms with van der Waals surface area (Å²) in [6.45, 7) is 2.92. The third-order valence-electron chi connectivity index (χ3n) is 7.22. The fourth-order valence-electron chi connectivity index (χ4n) is 5.03. The number of nitrogens with zero attached hydrogens (tertiary/aromatic N) is 2. The monoisotopic (exact) mass is 522 g/mol. The van der Waals surface area contributed by atoms with Gasteiger partial charge in [0.1, 0.15) is 17.2 Å². The molecular weight excluding hydrogens is 487 g/mol. The topological polar surface area (TPSA) is 111 Å². The van der Waals surface area contributed by atoms with Crippen molar-refractivity contribution >= 4 is 11.8 Å². The Morgan fingerprint density at radius 2 is 1.87 bits per heavy atom. The van der Waals surface area contributed by atoms with E-state index in [1.54, 1.807) is 36.4 Å². The highest BCUT2D eigenvalue weighted by Crippen LogP contribution is 2.39. The molecule has 1 saturated heterocycles. The summed E-state index contributed by atoms with van der Waals surface area (Å²) in [5, 5.41) is 0. The molecule has 0 spiro atoms. The van der Waals surface area contributed by atoms with Gasteiger partial charge in [0.2, 0.25) is 11.8 Å². The average Bonchev–Trinajstić information content (AvgIpc) is 3.41. The van der Waals surface area contributed by atoms with Crippen LogP contribution < -0.4 is 10.5 Å². The van der Waals surface area contributed by atoms with E-state index in [4.69, 9.17) is 15.2 Å². The third-order valence-corrected chi connectivity index (χ3v) is 7.22. The van der Waals surface area contributed by atoms with Crippen LogP contribution in [0.1, 0.15) is 36.6 Å². The van der Waals surface area contributed by atoms with Crippen molar-refractivity contribution in [3.8, 4) is 5.75 Å². The predicted octanol–water partition coefficient (Wildman–Crippen LogP) is 3.61. The predicted molar refractivity (Wildman–Crippen MR) is 141 cm³/mol. The maximum absolute atomic E-state index is 14.8. The standard InChI is InChI=1S/C29H35FN4O4/c1-3-4-13-38-29(25-7-5-6-8-26(25)30)17-34(18-29)28(36)24(14-20-9-11-22(37-2)12-10-20)23(27(31)35)15-21-16-32-19-33-21/h5-12,16,19,23-24H,3-4,13-15,17-18H2,1-2H3,(H2,31,35)(H,32,33)/t23?,24-/m1/s1. The van der Waals surface area contributed by atoms with Gasteiger partial charge >= 0.3 is 0 Å². The van der Waals surface area contributed by atoms with Crippen LogP contribution in [0, 0.1) is 17.7 Å². The number of amides is 2. The van der Waals surface area contributed by atoms with Crippen LogP contribution in [0.4, 0.5) is 4.39 Å². The first-order valence-electron chi connectivity index (χ1n) is 12.9. The van der Waals surface area contributed by atoms with Gasteiger partial charge in [-0.15, -0.1) is 0 Å². The van der Waals surface area contributed by atoms with E-state index in [0.29, 0.717) is 30.0 Å². The van der Waals surface area contributed by atoms with Crippen molar-refractivity contribution in [2.75, 3.05) is 26.8 Å². The fourth-order valence-corrected chi connectivity index (χ4v) is 5.03. The molecule has 1 aliphatic rings. The number of imidazole rings is 1. The zero-order chi connectivity index (χ0) is 27.1. The SMILES string of the molecule is CCCCOC1(c2ccccc2F)CN(C(=O)[C@H](Cc2ccc(OC)cc2)C(Cc2cnc[nH]2)C(N)=O)C1. The molecule has 2 atom stereocenters. The number of likely N-dealkylation sites (tertiary alicyclic amines) is 1. The van der Waals surface area contributed by atoms with Gasteiger partial charge in [0.25, 0.3) is 0 Å². The number of hydrogen-bond donors (Lipinski definition) is 2. The average molecular weight is 523 g/mol. The molecule has 0 radical (unpaired) electrons. The normalized spacial score (nSPS) is 15.9. The van der Waals surface area contributed by atoms with Crippen molar-refractivity contribution < 1.29 is 23.5 Å². The van der Waals surface area contributed by atoms with Gasteiger partial charge in [0, 0.05) is 30.5 Å². The lowest BCUT2D eigenvalue weighted by atomic mass is 9.79. The van der Waals surface area contributed by atoms with Crippen molar-refractivity contribution in [2.24, 2.45) is 17.6 Å². The molecular formula is C29H35FN4O4. The minimum Gasteiger partial charge on any atom is -0.497 e. The first-order valence-corrected chi connectivity index (χ1v) is 12.9. The summed E-state index contributed by atoms with van der Waals surface area (Å²) in [6.07, 6.45) is 5.48. The van der Waals surface area contributed by atoms with Gasteiger partial charge in [-0.25, -0.2) is 9.37 Å². The van der Waals surface area contributed by atoms with Gasteiger partial charge in [0.15, 0.2) is 0 Å². The molecule has 0 aliphatic carbocycles. The van der Waals surface area contributed by atoms with Crippen LogP contribution in [0.2, 0.25) is 0 Å². The Kier molecular flexibility index (Phi) is 8.78. The van der Waals surface area contributed by atoms with Gasteiger partial charge in [-0.3, -0.25) is 9.59 Å². The zero-order valence-electron chi connectivity index (χ0n) is 21.9. The number of primary amides is 1. The number of carbonyl (C=O) groups excluding carboxylic acids is 2. The largest absolute Gasteiger partial charge is 0.497 e. The highest BCUT2D eigenvalue weighted by Gasteiger charge is 2.51. The quantitative estimate of drug-likeness (QED) is 0.333. The fraction of sp³-hybridized carbons (Fsp3) is 0.414. The molecule has 3 aromatic rings. The van der Waals surface area contributed by atoms with E-state index in [2.05, 4.69) is 16.9 Å². The number of ether oxygens (including phenoxy) is 2. The minimum absolute atomic E-state index is 0.200. The van der Waals surface area contributed by atoms with Crippen LogP contribution in [-0.2, 0) is 32.8 Å². The van der Waals surface area contributed by atoms with Crippen LogP contribution in [0.5, 0.6) is 5.75 Å². The smallest absolute Gasteiger partial charge is 0.227 e. The summed E-state index contributed by atoms with van der Waals surface area (Å²) in [5.74, 6) is -1.93. The second-order valence-corrected chi connectivity index (χ2v) is 9.82. The van der Waals surface area contributed by atoms with E-state index in [-0.39, 0.29) is 31.2 Å². The number of H-pyrrole nitrogens is 1. The highest BCUT2D eigenvalue weighted by atomic mass is 19.1. The Labute approximate surface area is 222 Å². The molecule has 9 heteroatoms. The van der Waals surface area contributed by atoms with E-state index >= 15 is 0 Å². The van der Waals surface area contributed by atoms with Gasteiger partial charge < -0.3 is 25.1 Å². The Bertz CT molecular complexity index is 1210. The number of hydrogen-bond acceptors (Lipinski definition) is 5. The number of benzene rings is 2. The Hall–Kier alpha value is -3.72. The minimum atomic E-state index is -0.924. The maximum Gasteiger partial charge on any atom is 0.227 e. The van der Waals surface area contributed by atoms with Crippen molar-refractivity contribution in [1.82, 2.24) is 14.9 Å². The van der Waals surface area contributed by atoms with Crippen LogP contribution in [-0.4, -0.2) is 53.5 Å². The third kappa shape index (κ3) is 6.05. The molecule has 2 amide bonds. The highest BCUT2D eigenvalue weighted by molar-refractivity contribution is 5.88. The first-order chi connectivity index (χ1) is 18.4. The molecule has 1 unspecified atom stereocenters. The molecule has 2 aromatic carbocycles. The van der Waals surface area contributed by atoms with Crippen LogP contribution in [0.15, 0.2) is 61.1 Å². The van der Waals surface area contributed by atoms with Gasteiger partial charge in [-0.1, -0.05) is 43.7 Å². The summed E-state index contributed by atoms with van der Waals surface area (Å²) in [4.78, 5) is 35.3. The molecule has 4 rings (SSSR count). The summed E-state index contributed by atoms with van der Waals surface area (Å²) in [5.41, 5.74) is 6.97. The van der Waals surface area contributed by atoms with Crippen molar-refractivity contribution in [1.29, 1.82) is 0 Å². The number of aromatic amines is 1. The lowest BCUT2D eigenvalue weighted by molar-refractivity contribution is -0.179. The summed E-state index contributed by atoms with van der Waals surface area (Å²) in [7, 11) is 1.59. The van der Waals surface area contributed by atoms with Gasteiger partial charge in [-0.05, 0) is 36.6 Å².